The highest BCUT2D eigenvalue weighted by atomic mass is 16.3. The number of aromatic nitrogens is 1. The Bertz CT molecular complexity index is 559. The molecule has 1 amide bonds. The van der Waals surface area contributed by atoms with Gasteiger partial charge in [0.25, 0.3) is 5.91 Å². The van der Waals surface area contributed by atoms with Crippen molar-refractivity contribution >= 4 is 5.91 Å². The van der Waals surface area contributed by atoms with Crippen LogP contribution in [0.1, 0.15) is 50.6 Å². The van der Waals surface area contributed by atoms with Crippen LogP contribution < -0.4 is 0 Å². The summed E-state index contributed by atoms with van der Waals surface area (Å²) in [6, 6.07) is 5.83. The Labute approximate surface area is 151 Å². The predicted molar refractivity (Wildman–Crippen MR) is 97.9 cm³/mol. The Hall–Kier alpha value is -1.46. The zero-order valence-electron chi connectivity index (χ0n) is 15.4. The topological polar surface area (TPSA) is 56.7 Å². The molecule has 2 heterocycles. The first-order chi connectivity index (χ1) is 12.1. The highest BCUT2D eigenvalue weighted by molar-refractivity contribution is 5.86. The second kappa shape index (κ2) is 8.28. The molecule has 5 nitrogen and oxygen atoms in total. The van der Waals surface area contributed by atoms with Crippen LogP contribution in [-0.4, -0.2) is 58.1 Å². The lowest BCUT2D eigenvalue weighted by molar-refractivity contribution is -0.160. The van der Waals surface area contributed by atoms with Crippen molar-refractivity contribution in [3.8, 4) is 0 Å². The minimum Gasteiger partial charge on any atom is -0.379 e. The number of carbonyl (C=O) groups is 1. The SMILES string of the molecule is CN(Cc1ccccn1)CC1(O)CCCN(CC2CCCCC2)C1=O. The molecule has 1 unspecified atom stereocenters. The van der Waals surface area contributed by atoms with Gasteiger partial charge in [0.05, 0.1) is 5.69 Å². The number of likely N-dealkylation sites (tertiary alicyclic amines) is 1. The molecule has 1 atom stereocenters. The number of rotatable bonds is 6. The summed E-state index contributed by atoms with van der Waals surface area (Å²) in [5.74, 6) is 0.545. The second-order valence-electron chi connectivity index (χ2n) is 7.88. The summed E-state index contributed by atoms with van der Waals surface area (Å²) in [6.45, 7) is 2.62. The van der Waals surface area contributed by atoms with Crippen molar-refractivity contribution in [2.24, 2.45) is 5.92 Å². The van der Waals surface area contributed by atoms with Gasteiger partial charge in [-0.1, -0.05) is 25.3 Å². The summed E-state index contributed by atoms with van der Waals surface area (Å²) < 4.78 is 0. The van der Waals surface area contributed by atoms with Gasteiger partial charge in [0.15, 0.2) is 5.60 Å². The minimum atomic E-state index is -1.25. The standard InChI is InChI=1S/C20H31N3O2/c1-22(15-18-10-5-6-12-21-18)16-20(25)11-7-13-23(19(20)24)14-17-8-3-2-4-9-17/h5-6,10,12,17,25H,2-4,7-9,11,13-16H2,1H3. The van der Waals surface area contributed by atoms with Crippen molar-refractivity contribution in [2.45, 2.75) is 57.1 Å². The zero-order chi connectivity index (χ0) is 17.7. The van der Waals surface area contributed by atoms with Crippen LogP contribution in [0.2, 0.25) is 0 Å². The largest absolute Gasteiger partial charge is 0.379 e. The Morgan fingerprint density at radius 3 is 2.80 bits per heavy atom. The maximum atomic E-state index is 12.9. The van der Waals surface area contributed by atoms with E-state index in [1.165, 1.54) is 32.1 Å². The molecule has 1 saturated heterocycles. The number of pyridine rings is 1. The van der Waals surface area contributed by atoms with Crippen LogP contribution in [0.4, 0.5) is 0 Å². The van der Waals surface area contributed by atoms with Gasteiger partial charge in [-0.25, -0.2) is 0 Å². The average Bonchev–Trinajstić information content (AvgIpc) is 2.61. The number of carbonyl (C=O) groups excluding carboxylic acids is 1. The molecule has 1 saturated carbocycles. The first kappa shape index (κ1) is 18.3. The molecule has 1 aliphatic heterocycles. The lowest BCUT2D eigenvalue weighted by Crippen LogP contribution is -2.58. The summed E-state index contributed by atoms with van der Waals surface area (Å²) >= 11 is 0. The fourth-order valence-electron chi connectivity index (χ4n) is 4.34. The van der Waals surface area contributed by atoms with Gasteiger partial charge < -0.3 is 10.0 Å². The second-order valence-corrected chi connectivity index (χ2v) is 7.88. The molecule has 0 spiro atoms. The summed E-state index contributed by atoms with van der Waals surface area (Å²) in [5, 5.41) is 11.0. The van der Waals surface area contributed by atoms with E-state index in [1.54, 1.807) is 6.20 Å². The molecule has 138 valence electrons. The number of amides is 1. The first-order valence-corrected chi connectivity index (χ1v) is 9.67. The van der Waals surface area contributed by atoms with E-state index in [9.17, 15) is 9.90 Å². The number of piperidine rings is 1. The maximum absolute atomic E-state index is 12.9. The van der Waals surface area contributed by atoms with Crippen LogP contribution >= 0.6 is 0 Å². The Morgan fingerprint density at radius 2 is 2.08 bits per heavy atom. The highest BCUT2D eigenvalue weighted by Gasteiger charge is 2.43. The van der Waals surface area contributed by atoms with E-state index < -0.39 is 5.60 Å². The third-order valence-electron chi connectivity index (χ3n) is 5.60. The summed E-state index contributed by atoms with van der Waals surface area (Å²) in [4.78, 5) is 21.2. The van der Waals surface area contributed by atoms with E-state index in [0.29, 0.717) is 25.4 Å². The Morgan fingerprint density at radius 1 is 1.28 bits per heavy atom. The van der Waals surface area contributed by atoms with Gasteiger partial charge in [0, 0.05) is 32.4 Å². The lowest BCUT2D eigenvalue weighted by Gasteiger charge is -2.41. The zero-order valence-corrected chi connectivity index (χ0v) is 15.4. The average molecular weight is 345 g/mol. The summed E-state index contributed by atoms with van der Waals surface area (Å²) in [5.41, 5.74) is -0.299. The van der Waals surface area contributed by atoms with Crippen LogP contribution in [0.25, 0.3) is 0 Å². The lowest BCUT2D eigenvalue weighted by atomic mass is 9.86. The van der Waals surface area contributed by atoms with Gasteiger partial charge >= 0.3 is 0 Å². The molecule has 0 aromatic carbocycles. The van der Waals surface area contributed by atoms with Gasteiger partial charge in [-0.05, 0) is 50.8 Å². The molecule has 1 N–H and O–H groups in total. The van der Waals surface area contributed by atoms with Crippen LogP contribution in [-0.2, 0) is 11.3 Å². The van der Waals surface area contributed by atoms with Gasteiger partial charge in [0.1, 0.15) is 0 Å². The molecule has 2 fully saturated rings. The molecule has 2 aliphatic rings. The van der Waals surface area contributed by atoms with Gasteiger partial charge in [0.2, 0.25) is 0 Å². The van der Waals surface area contributed by atoms with E-state index in [-0.39, 0.29) is 5.91 Å². The molecule has 3 rings (SSSR count). The van der Waals surface area contributed by atoms with Crippen molar-refractivity contribution in [2.75, 3.05) is 26.7 Å². The molecule has 1 aromatic heterocycles. The summed E-state index contributed by atoms with van der Waals surface area (Å²) in [7, 11) is 1.94. The molecule has 5 heteroatoms. The molecule has 1 aromatic rings. The number of aliphatic hydroxyl groups is 1. The quantitative estimate of drug-likeness (QED) is 0.860. The third-order valence-corrected chi connectivity index (χ3v) is 5.60. The van der Waals surface area contributed by atoms with E-state index in [1.807, 2.05) is 35.0 Å². The van der Waals surface area contributed by atoms with E-state index in [2.05, 4.69) is 4.98 Å². The molecule has 0 bridgehead atoms. The predicted octanol–water partition coefficient (Wildman–Crippen LogP) is 2.45. The van der Waals surface area contributed by atoms with E-state index in [4.69, 9.17) is 0 Å². The monoisotopic (exact) mass is 345 g/mol. The van der Waals surface area contributed by atoms with Crippen molar-refractivity contribution in [1.82, 2.24) is 14.8 Å². The molecule has 25 heavy (non-hydrogen) atoms. The normalized spacial score (nSPS) is 25.6. The number of hydrogen-bond acceptors (Lipinski definition) is 4. The Balaban J connectivity index is 1.58. The van der Waals surface area contributed by atoms with Crippen molar-refractivity contribution < 1.29 is 9.90 Å². The number of nitrogens with zero attached hydrogens (tertiary/aromatic N) is 3. The highest BCUT2D eigenvalue weighted by Crippen LogP contribution is 2.29. The number of hydrogen-bond donors (Lipinski definition) is 1. The minimum absolute atomic E-state index is 0.0720. The van der Waals surface area contributed by atoms with Gasteiger partial charge in [-0.15, -0.1) is 0 Å². The third kappa shape index (κ3) is 4.79. The smallest absolute Gasteiger partial charge is 0.255 e. The molecular weight excluding hydrogens is 314 g/mol. The van der Waals surface area contributed by atoms with Gasteiger partial charge in [-0.3, -0.25) is 14.7 Å². The van der Waals surface area contributed by atoms with Crippen LogP contribution in [0, 0.1) is 5.92 Å². The number of likely N-dealkylation sites (N-methyl/N-ethyl adjacent to an activating group) is 1. The molecular formula is C20H31N3O2. The fraction of sp³-hybridized carbons (Fsp3) is 0.700. The van der Waals surface area contributed by atoms with Crippen LogP contribution in [0.3, 0.4) is 0 Å². The van der Waals surface area contributed by atoms with Crippen molar-refractivity contribution in [3.05, 3.63) is 30.1 Å². The maximum Gasteiger partial charge on any atom is 0.255 e. The van der Waals surface area contributed by atoms with Crippen LogP contribution in [0.5, 0.6) is 0 Å². The van der Waals surface area contributed by atoms with Gasteiger partial charge in [-0.2, -0.15) is 0 Å². The Kier molecular flexibility index (Phi) is 6.07. The fourth-order valence-corrected chi connectivity index (χ4v) is 4.34. The van der Waals surface area contributed by atoms with Crippen molar-refractivity contribution in [1.29, 1.82) is 0 Å². The van der Waals surface area contributed by atoms with E-state index >= 15 is 0 Å². The van der Waals surface area contributed by atoms with Crippen molar-refractivity contribution in [3.63, 3.8) is 0 Å². The molecule has 0 radical (unpaired) electrons. The first-order valence-electron chi connectivity index (χ1n) is 9.67. The molecule has 1 aliphatic carbocycles. The van der Waals surface area contributed by atoms with Crippen LogP contribution in [0.15, 0.2) is 24.4 Å². The van der Waals surface area contributed by atoms with E-state index in [0.717, 1.165) is 25.2 Å². The summed E-state index contributed by atoms with van der Waals surface area (Å²) in [6.07, 6.45) is 9.55.